The molecule has 2 aromatic carbocycles. The number of nitrogens with zero attached hydrogens (tertiary/aromatic N) is 1. The fraction of sp³-hybridized carbons (Fsp3) is 0. The van der Waals surface area contributed by atoms with Crippen LogP contribution in [0.4, 0.5) is 11.4 Å². The fourth-order valence-corrected chi connectivity index (χ4v) is 2.15. The third kappa shape index (κ3) is 4.25. The number of nitriles is 1. The quantitative estimate of drug-likeness (QED) is 0.512. The molecule has 0 saturated heterocycles. The number of anilines is 2. The highest BCUT2D eigenvalue weighted by atomic mass is 35.5. The van der Waals surface area contributed by atoms with Crippen molar-refractivity contribution in [1.82, 2.24) is 0 Å². The first-order chi connectivity index (χ1) is 10.6. The van der Waals surface area contributed by atoms with Crippen LogP contribution in [-0.4, -0.2) is 11.8 Å². The third-order valence-electron chi connectivity index (χ3n) is 2.60. The second-order valence-electron chi connectivity index (χ2n) is 4.11. The summed E-state index contributed by atoms with van der Waals surface area (Å²) in [5.74, 6) is -1.62. The number of amides is 2. The van der Waals surface area contributed by atoms with Gasteiger partial charge < -0.3 is 10.6 Å². The van der Waals surface area contributed by atoms with Crippen LogP contribution in [0.25, 0.3) is 0 Å². The van der Waals surface area contributed by atoms with Crippen LogP contribution in [0.15, 0.2) is 53.4 Å². The maximum atomic E-state index is 11.8. The lowest BCUT2D eigenvalue weighted by Gasteiger charge is -2.08. The highest BCUT2D eigenvalue weighted by Crippen LogP contribution is 2.21. The Morgan fingerprint density at radius 2 is 1.64 bits per heavy atom. The standard InChI is InChI=1S/C15H10ClN3O2S/c16-12-3-1-2-4-13(12)19-15(21)14(20)18-10-5-7-11(8-6-10)22-9-17/h1-8H,(H,18,20)(H,19,21). The molecule has 0 aromatic heterocycles. The smallest absolute Gasteiger partial charge is 0.314 e. The van der Waals surface area contributed by atoms with Crippen molar-refractivity contribution in [3.05, 3.63) is 53.6 Å². The van der Waals surface area contributed by atoms with Crippen LogP contribution >= 0.6 is 23.4 Å². The molecule has 5 nitrogen and oxygen atoms in total. The van der Waals surface area contributed by atoms with Gasteiger partial charge in [0.25, 0.3) is 0 Å². The molecule has 2 rings (SSSR count). The maximum Gasteiger partial charge on any atom is 0.314 e. The minimum absolute atomic E-state index is 0.349. The predicted octanol–water partition coefficient (Wildman–Crippen LogP) is 3.49. The van der Waals surface area contributed by atoms with Gasteiger partial charge >= 0.3 is 11.8 Å². The van der Waals surface area contributed by atoms with Gasteiger partial charge in [-0.2, -0.15) is 5.26 Å². The van der Waals surface area contributed by atoms with Gasteiger partial charge in [0.2, 0.25) is 0 Å². The van der Waals surface area contributed by atoms with Crippen LogP contribution in [0, 0.1) is 10.7 Å². The van der Waals surface area contributed by atoms with Crippen LogP contribution < -0.4 is 10.6 Å². The van der Waals surface area contributed by atoms with E-state index in [-0.39, 0.29) is 0 Å². The summed E-state index contributed by atoms with van der Waals surface area (Å²) in [6.07, 6.45) is 0. The lowest BCUT2D eigenvalue weighted by Crippen LogP contribution is -2.29. The van der Waals surface area contributed by atoms with Crippen LogP contribution in [0.5, 0.6) is 0 Å². The Bertz CT molecular complexity index is 741. The number of benzene rings is 2. The number of thiocyanates is 1. The first kappa shape index (κ1) is 15.9. The zero-order valence-electron chi connectivity index (χ0n) is 11.2. The lowest BCUT2D eigenvalue weighted by molar-refractivity contribution is -0.132. The van der Waals surface area contributed by atoms with E-state index in [4.69, 9.17) is 16.9 Å². The summed E-state index contributed by atoms with van der Waals surface area (Å²) in [7, 11) is 0. The van der Waals surface area contributed by atoms with Crippen molar-refractivity contribution in [3.63, 3.8) is 0 Å². The monoisotopic (exact) mass is 331 g/mol. The number of rotatable bonds is 3. The summed E-state index contributed by atoms with van der Waals surface area (Å²) in [4.78, 5) is 24.4. The normalized spacial score (nSPS) is 9.64. The molecule has 110 valence electrons. The molecule has 0 bridgehead atoms. The maximum absolute atomic E-state index is 11.8. The molecule has 0 radical (unpaired) electrons. The summed E-state index contributed by atoms with van der Waals surface area (Å²) in [6.45, 7) is 0. The van der Waals surface area contributed by atoms with E-state index in [0.29, 0.717) is 16.4 Å². The Morgan fingerprint density at radius 1 is 1.00 bits per heavy atom. The minimum Gasteiger partial charge on any atom is -0.318 e. The summed E-state index contributed by atoms with van der Waals surface area (Å²) in [6, 6.07) is 13.2. The Balaban J connectivity index is 1.98. The third-order valence-corrected chi connectivity index (χ3v) is 3.53. The van der Waals surface area contributed by atoms with Gasteiger partial charge in [0, 0.05) is 10.6 Å². The van der Waals surface area contributed by atoms with E-state index in [2.05, 4.69) is 10.6 Å². The molecule has 0 fully saturated rings. The van der Waals surface area contributed by atoms with Crippen LogP contribution in [0.3, 0.4) is 0 Å². The molecule has 2 amide bonds. The Hall–Kier alpha value is -2.49. The van der Waals surface area contributed by atoms with Crippen LogP contribution in [0.1, 0.15) is 0 Å². The van der Waals surface area contributed by atoms with E-state index in [0.717, 1.165) is 16.7 Å². The van der Waals surface area contributed by atoms with Gasteiger partial charge in [0.05, 0.1) is 10.7 Å². The molecule has 2 N–H and O–H groups in total. The van der Waals surface area contributed by atoms with Gasteiger partial charge in [0.1, 0.15) is 5.40 Å². The molecule has 0 atom stereocenters. The second-order valence-corrected chi connectivity index (χ2v) is 5.37. The fourth-order valence-electron chi connectivity index (χ4n) is 1.59. The number of halogens is 1. The lowest BCUT2D eigenvalue weighted by atomic mass is 10.3. The van der Waals surface area contributed by atoms with E-state index >= 15 is 0 Å². The molecule has 0 aliphatic heterocycles. The summed E-state index contributed by atoms with van der Waals surface area (Å²) in [5, 5.41) is 15.7. The van der Waals surface area contributed by atoms with E-state index in [9.17, 15) is 9.59 Å². The molecule has 2 aromatic rings. The van der Waals surface area contributed by atoms with Crippen molar-refractivity contribution in [3.8, 4) is 5.40 Å². The van der Waals surface area contributed by atoms with E-state index in [1.54, 1.807) is 48.5 Å². The van der Waals surface area contributed by atoms with Crippen LogP contribution in [-0.2, 0) is 9.59 Å². The minimum atomic E-state index is -0.816. The summed E-state index contributed by atoms with van der Waals surface area (Å²) >= 11 is 6.92. The SMILES string of the molecule is N#CSc1ccc(NC(=O)C(=O)Nc2ccccc2Cl)cc1. The summed E-state index contributed by atoms with van der Waals surface area (Å²) < 4.78 is 0. The topological polar surface area (TPSA) is 82.0 Å². The van der Waals surface area contributed by atoms with E-state index in [1.165, 1.54) is 0 Å². The number of carbonyl (C=O) groups is 2. The highest BCUT2D eigenvalue weighted by Gasteiger charge is 2.15. The average Bonchev–Trinajstić information content (AvgIpc) is 2.51. The number of para-hydroxylation sites is 1. The molecule has 0 unspecified atom stereocenters. The zero-order valence-corrected chi connectivity index (χ0v) is 12.7. The zero-order chi connectivity index (χ0) is 15.9. The Labute approximate surface area is 136 Å². The molecule has 0 saturated carbocycles. The molecule has 0 aliphatic rings. The van der Waals surface area contributed by atoms with Gasteiger partial charge in [-0.1, -0.05) is 23.7 Å². The molecule has 0 aliphatic carbocycles. The molecular weight excluding hydrogens is 322 g/mol. The molecule has 0 heterocycles. The number of hydrogen-bond donors (Lipinski definition) is 2. The van der Waals surface area contributed by atoms with Crippen LogP contribution in [0.2, 0.25) is 5.02 Å². The summed E-state index contributed by atoms with van der Waals surface area (Å²) in [5.41, 5.74) is 0.826. The first-order valence-corrected chi connectivity index (χ1v) is 7.32. The van der Waals surface area contributed by atoms with Gasteiger partial charge in [-0.3, -0.25) is 9.59 Å². The molecule has 7 heteroatoms. The highest BCUT2D eigenvalue weighted by molar-refractivity contribution is 8.03. The number of hydrogen-bond acceptors (Lipinski definition) is 4. The van der Waals surface area contributed by atoms with Gasteiger partial charge in [-0.25, -0.2) is 0 Å². The first-order valence-electron chi connectivity index (χ1n) is 6.13. The average molecular weight is 332 g/mol. The number of nitrogens with one attached hydrogen (secondary N) is 2. The largest absolute Gasteiger partial charge is 0.318 e. The van der Waals surface area contributed by atoms with Crippen molar-refractivity contribution in [2.75, 3.05) is 10.6 Å². The van der Waals surface area contributed by atoms with Crippen molar-refractivity contribution in [2.24, 2.45) is 0 Å². The van der Waals surface area contributed by atoms with Crippen molar-refractivity contribution >= 4 is 46.6 Å². The van der Waals surface area contributed by atoms with Gasteiger partial charge in [0.15, 0.2) is 0 Å². The van der Waals surface area contributed by atoms with Crippen molar-refractivity contribution in [2.45, 2.75) is 4.90 Å². The van der Waals surface area contributed by atoms with Crippen molar-refractivity contribution in [1.29, 1.82) is 5.26 Å². The van der Waals surface area contributed by atoms with Gasteiger partial charge in [-0.05, 0) is 48.2 Å². The predicted molar refractivity (Wildman–Crippen MR) is 86.6 cm³/mol. The second kappa shape index (κ2) is 7.50. The number of carbonyl (C=O) groups excluding carboxylic acids is 2. The molecule has 22 heavy (non-hydrogen) atoms. The van der Waals surface area contributed by atoms with Gasteiger partial charge in [-0.15, -0.1) is 0 Å². The van der Waals surface area contributed by atoms with Crippen molar-refractivity contribution < 1.29 is 9.59 Å². The number of thioether (sulfide) groups is 1. The Kier molecular flexibility index (Phi) is 5.42. The molecular formula is C15H10ClN3O2S. The molecule has 0 spiro atoms. The Morgan fingerprint density at radius 3 is 2.27 bits per heavy atom. The van der Waals surface area contributed by atoms with E-state index in [1.807, 2.05) is 5.40 Å². The van der Waals surface area contributed by atoms with E-state index < -0.39 is 11.8 Å².